The highest BCUT2D eigenvalue weighted by Crippen LogP contribution is 2.21. The van der Waals surface area contributed by atoms with Crippen molar-refractivity contribution in [3.8, 4) is 0 Å². The van der Waals surface area contributed by atoms with Crippen molar-refractivity contribution in [1.29, 1.82) is 0 Å². The third-order valence-corrected chi connectivity index (χ3v) is 4.38. The molecular weight excluding hydrogens is 312 g/mol. The lowest BCUT2D eigenvalue weighted by Crippen LogP contribution is -2.40. The third-order valence-electron chi connectivity index (χ3n) is 3.01. The van der Waals surface area contributed by atoms with Gasteiger partial charge in [0.25, 0.3) is 5.91 Å². The van der Waals surface area contributed by atoms with Gasteiger partial charge in [0, 0.05) is 19.3 Å². The number of thioether (sulfide) groups is 1. The summed E-state index contributed by atoms with van der Waals surface area (Å²) in [7, 11) is 1.76. The molecule has 6 nitrogen and oxygen atoms in total. The van der Waals surface area contributed by atoms with Crippen LogP contribution in [-0.2, 0) is 22.4 Å². The van der Waals surface area contributed by atoms with Crippen LogP contribution in [0.3, 0.4) is 0 Å². The molecule has 1 aromatic rings. The zero-order chi connectivity index (χ0) is 15.4. The van der Waals surface area contributed by atoms with Crippen molar-refractivity contribution < 1.29 is 9.59 Å². The molecule has 2 rings (SSSR count). The number of carbonyl (C=O) groups is 2. The topological polar surface area (TPSA) is 67.6 Å². The second-order valence-corrected chi connectivity index (χ2v) is 6.06. The molecule has 0 atom stereocenters. The lowest BCUT2D eigenvalue weighted by molar-refractivity contribution is -0.133. The molecular formula is C13H17ClN4O2S. The molecule has 114 valence electrons. The summed E-state index contributed by atoms with van der Waals surface area (Å²) in [4.78, 5) is 29.0. The number of nitrogens with zero attached hydrogens (tertiary/aromatic N) is 4. The maximum Gasteiger partial charge on any atom is 0.257 e. The molecule has 0 spiro atoms. The number of halogens is 1. The van der Waals surface area contributed by atoms with Gasteiger partial charge in [-0.1, -0.05) is 36.7 Å². The molecule has 1 aliphatic heterocycles. The number of aliphatic imine (C=N–C) groups is 1. The first kappa shape index (κ1) is 16.0. The minimum atomic E-state index is -0.380. The third kappa shape index (κ3) is 4.07. The van der Waals surface area contributed by atoms with Crippen LogP contribution in [0.4, 0.5) is 0 Å². The first-order valence-corrected chi connectivity index (χ1v) is 8.10. The Bertz CT molecular complexity index is 565. The van der Waals surface area contributed by atoms with Crippen LogP contribution in [0.2, 0.25) is 5.15 Å². The molecule has 1 aromatic heterocycles. The molecule has 0 saturated heterocycles. The number of hydrogen-bond acceptors (Lipinski definition) is 4. The van der Waals surface area contributed by atoms with Crippen molar-refractivity contribution in [3.63, 3.8) is 0 Å². The molecule has 0 saturated carbocycles. The van der Waals surface area contributed by atoms with E-state index in [1.807, 2.05) is 0 Å². The minimum absolute atomic E-state index is 0.136. The van der Waals surface area contributed by atoms with Crippen molar-refractivity contribution in [2.75, 3.05) is 6.54 Å². The van der Waals surface area contributed by atoms with E-state index in [0.717, 1.165) is 18.5 Å². The van der Waals surface area contributed by atoms with Crippen molar-refractivity contribution in [2.45, 2.75) is 31.9 Å². The second-order valence-electron chi connectivity index (χ2n) is 4.73. The fourth-order valence-electron chi connectivity index (χ4n) is 1.89. The Morgan fingerprint density at radius 3 is 2.81 bits per heavy atom. The second kappa shape index (κ2) is 7.09. The summed E-state index contributed by atoms with van der Waals surface area (Å²) < 4.78 is 1.57. The maximum absolute atomic E-state index is 12.0. The maximum atomic E-state index is 12.0. The summed E-state index contributed by atoms with van der Waals surface area (Å²) in [6.07, 6.45) is 1.73. The molecule has 0 bridgehead atoms. The highest BCUT2D eigenvalue weighted by molar-refractivity contribution is 8.13. The number of rotatable bonds is 5. The number of aryl methyl sites for hydroxylation is 1. The van der Waals surface area contributed by atoms with Crippen LogP contribution in [0.5, 0.6) is 0 Å². The number of amidine groups is 1. The average molecular weight is 329 g/mol. The van der Waals surface area contributed by atoms with Crippen LogP contribution in [0, 0.1) is 0 Å². The number of aromatic nitrogens is 2. The Morgan fingerprint density at radius 2 is 2.19 bits per heavy atom. The molecule has 2 amide bonds. The van der Waals surface area contributed by atoms with Crippen molar-refractivity contribution in [3.05, 3.63) is 16.9 Å². The average Bonchev–Trinajstić information content (AvgIpc) is 2.74. The van der Waals surface area contributed by atoms with Crippen LogP contribution in [0.1, 0.15) is 31.9 Å². The summed E-state index contributed by atoms with van der Waals surface area (Å²) in [6.45, 7) is 2.65. The summed E-state index contributed by atoms with van der Waals surface area (Å²) in [5.74, 6) is -0.0398. The van der Waals surface area contributed by atoms with Crippen molar-refractivity contribution >= 4 is 40.3 Å². The zero-order valence-corrected chi connectivity index (χ0v) is 13.6. The highest BCUT2D eigenvalue weighted by atomic mass is 35.5. The molecule has 0 aliphatic carbocycles. The highest BCUT2D eigenvalue weighted by Gasteiger charge is 2.27. The van der Waals surface area contributed by atoms with E-state index in [-0.39, 0.29) is 18.2 Å². The van der Waals surface area contributed by atoms with E-state index in [9.17, 15) is 9.59 Å². The Balaban J connectivity index is 2.06. The van der Waals surface area contributed by atoms with Crippen LogP contribution in [0.15, 0.2) is 11.1 Å². The Hall–Kier alpha value is -1.34. The van der Waals surface area contributed by atoms with Crippen molar-refractivity contribution in [1.82, 2.24) is 14.7 Å². The molecule has 0 unspecified atom stereocenters. The first-order valence-electron chi connectivity index (χ1n) is 6.74. The first-order chi connectivity index (χ1) is 10.0. The monoisotopic (exact) mass is 328 g/mol. The Labute approximate surface area is 132 Å². The van der Waals surface area contributed by atoms with E-state index >= 15 is 0 Å². The van der Waals surface area contributed by atoms with E-state index < -0.39 is 0 Å². The van der Waals surface area contributed by atoms with Gasteiger partial charge in [-0.15, -0.1) is 0 Å². The molecule has 1 aliphatic rings. The van der Waals surface area contributed by atoms with Crippen molar-refractivity contribution in [2.24, 2.45) is 12.0 Å². The van der Waals surface area contributed by atoms with Gasteiger partial charge in [0.15, 0.2) is 5.17 Å². The fraction of sp³-hybridized carbons (Fsp3) is 0.538. The predicted octanol–water partition coefficient (Wildman–Crippen LogP) is 2.22. The smallest absolute Gasteiger partial charge is 0.257 e. The number of unbranched alkanes of at least 4 members (excludes halogenated alkanes) is 1. The summed E-state index contributed by atoms with van der Waals surface area (Å²) >= 11 is 7.28. The van der Waals surface area contributed by atoms with E-state index in [1.165, 1.54) is 11.8 Å². The molecule has 0 radical (unpaired) electrons. The molecule has 2 heterocycles. The molecule has 0 fully saturated rings. The summed E-state index contributed by atoms with van der Waals surface area (Å²) in [5, 5.41) is 5.25. The van der Waals surface area contributed by atoms with Crippen LogP contribution < -0.4 is 0 Å². The van der Waals surface area contributed by atoms with E-state index in [1.54, 1.807) is 22.7 Å². The Morgan fingerprint density at radius 1 is 1.43 bits per heavy atom. The minimum Gasteiger partial charge on any atom is -0.291 e. The number of hydrogen-bond donors (Lipinski definition) is 0. The van der Waals surface area contributed by atoms with Gasteiger partial charge >= 0.3 is 0 Å². The quantitative estimate of drug-likeness (QED) is 0.777. The van der Waals surface area contributed by atoms with Gasteiger partial charge in [-0.05, 0) is 12.5 Å². The predicted molar refractivity (Wildman–Crippen MR) is 83.2 cm³/mol. The number of amides is 2. The van der Waals surface area contributed by atoms with Gasteiger partial charge in [-0.2, -0.15) is 10.1 Å². The van der Waals surface area contributed by atoms with Gasteiger partial charge in [-0.25, -0.2) is 0 Å². The van der Waals surface area contributed by atoms with Gasteiger partial charge in [0.1, 0.15) is 11.6 Å². The van der Waals surface area contributed by atoms with Gasteiger partial charge in [0.2, 0.25) is 5.91 Å². The van der Waals surface area contributed by atoms with E-state index in [2.05, 4.69) is 17.0 Å². The SMILES string of the molecule is CCCCN1C(=O)CC(=O)N=C1SCc1cc(Cl)n(C)n1. The van der Waals surface area contributed by atoms with E-state index in [4.69, 9.17) is 11.6 Å². The molecule has 8 heteroatoms. The van der Waals surface area contributed by atoms with E-state index in [0.29, 0.717) is 22.6 Å². The molecule has 0 N–H and O–H groups in total. The molecule has 21 heavy (non-hydrogen) atoms. The van der Waals surface area contributed by atoms with Crippen LogP contribution in [0.25, 0.3) is 0 Å². The number of carbonyl (C=O) groups excluding carboxylic acids is 2. The Kier molecular flexibility index (Phi) is 5.41. The lowest BCUT2D eigenvalue weighted by atomic mass is 10.2. The fourth-order valence-corrected chi connectivity index (χ4v) is 2.99. The molecule has 0 aromatic carbocycles. The zero-order valence-electron chi connectivity index (χ0n) is 12.0. The standard InChI is InChI=1S/C13H17ClN4O2S/c1-3-4-5-18-12(20)7-11(19)15-13(18)21-8-9-6-10(14)17(2)16-9/h6H,3-5,7-8H2,1-2H3. The van der Waals surface area contributed by atoms with Crippen LogP contribution >= 0.6 is 23.4 Å². The largest absolute Gasteiger partial charge is 0.291 e. The van der Waals surface area contributed by atoms with Crippen LogP contribution in [-0.4, -0.2) is 38.2 Å². The van der Waals surface area contributed by atoms with Gasteiger partial charge in [-0.3, -0.25) is 19.2 Å². The lowest BCUT2D eigenvalue weighted by Gasteiger charge is -2.25. The normalized spacial score (nSPS) is 15.6. The van der Waals surface area contributed by atoms with Gasteiger partial charge in [0.05, 0.1) is 5.69 Å². The summed E-state index contributed by atoms with van der Waals surface area (Å²) in [5.41, 5.74) is 0.788. The summed E-state index contributed by atoms with van der Waals surface area (Å²) in [6, 6.07) is 1.76. The van der Waals surface area contributed by atoms with Gasteiger partial charge < -0.3 is 0 Å².